The van der Waals surface area contributed by atoms with E-state index in [2.05, 4.69) is 135 Å². The maximum Gasteiger partial charge on any atom is 0.0497 e. The number of rotatable bonds is 2. The summed E-state index contributed by atoms with van der Waals surface area (Å²) >= 11 is 0. The van der Waals surface area contributed by atoms with Gasteiger partial charge >= 0.3 is 0 Å². The Morgan fingerprint density at radius 2 is 0.632 bits per heavy atom. The second kappa shape index (κ2) is 8.63. The van der Waals surface area contributed by atoms with E-state index in [4.69, 9.17) is 0 Å². The predicted octanol–water partition coefficient (Wildman–Crippen LogP) is 9.67. The lowest BCUT2D eigenvalue weighted by molar-refractivity contribution is 1.07. The van der Waals surface area contributed by atoms with Crippen molar-refractivity contribution in [2.75, 3.05) is 9.80 Å². The van der Waals surface area contributed by atoms with E-state index in [-0.39, 0.29) is 0 Å². The highest BCUT2D eigenvalue weighted by atomic mass is 15.2. The maximum absolute atomic E-state index is 2.43. The first-order valence-electron chi connectivity index (χ1n) is 13.5. The first-order valence-corrected chi connectivity index (χ1v) is 13.5. The van der Waals surface area contributed by atoms with Gasteiger partial charge in [0, 0.05) is 47.0 Å². The highest BCUT2D eigenvalue weighted by molar-refractivity contribution is 5.87. The molecule has 7 rings (SSSR count). The summed E-state index contributed by atoms with van der Waals surface area (Å²) in [7, 11) is 0. The van der Waals surface area contributed by atoms with E-state index in [0.717, 1.165) is 12.8 Å². The van der Waals surface area contributed by atoms with Crippen LogP contribution in [0.1, 0.15) is 44.5 Å². The molecule has 2 nitrogen and oxygen atoms in total. The Kier molecular flexibility index (Phi) is 5.19. The molecule has 186 valence electrons. The Hall–Kier alpha value is -4.30. The number of aryl methyl sites for hydroxylation is 4. The van der Waals surface area contributed by atoms with Crippen LogP contribution in [0.25, 0.3) is 0 Å². The third-order valence-corrected chi connectivity index (χ3v) is 8.03. The lowest BCUT2D eigenvalue weighted by Crippen LogP contribution is -2.20. The highest BCUT2D eigenvalue weighted by Crippen LogP contribution is 2.47. The van der Waals surface area contributed by atoms with E-state index in [1.54, 1.807) is 0 Å². The average Bonchev–Trinajstić information content (AvgIpc) is 2.90. The lowest BCUT2D eigenvalue weighted by atomic mass is 9.92. The van der Waals surface area contributed by atoms with Crippen LogP contribution in [0.3, 0.4) is 0 Å². The number of benzene rings is 5. The molecule has 2 aliphatic rings. The molecule has 38 heavy (non-hydrogen) atoms. The molecule has 0 saturated heterocycles. The van der Waals surface area contributed by atoms with Crippen LogP contribution in [0.2, 0.25) is 0 Å². The predicted molar refractivity (Wildman–Crippen MR) is 160 cm³/mol. The van der Waals surface area contributed by atoms with Gasteiger partial charge < -0.3 is 9.80 Å². The van der Waals surface area contributed by atoms with Crippen molar-refractivity contribution < 1.29 is 0 Å². The molecule has 0 fully saturated rings. The van der Waals surface area contributed by atoms with Crippen molar-refractivity contribution in [3.8, 4) is 0 Å². The molecule has 0 spiro atoms. The Balaban J connectivity index is 1.35. The summed E-state index contributed by atoms with van der Waals surface area (Å²) in [5.41, 5.74) is 18.3. The normalized spacial score (nSPS) is 13.5. The van der Waals surface area contributed by atoms with Gasteiger partial charge in [0.25, 0.3) is 0 Å². The third kappa shape index (κ3) is 3.71. The molecule has 5 aromatic carbocycles. The van der Waals surface area contributed by atoms with Gasteiger partial charge in [-0.3, -0.25) is 0 Å². The van der Waals surface area contributed by atoms with Crippen molar-refractivity contribution in [2.24, 2.45) is 0 Å². The minimum absolute atomic E-state index is 0.975. The lowest BCUT2D eigenvalue weighted by Gasteiger charge is -2.36. The molecule has 0 bridgehead atoms. The van der Waals surface area contributed by atoms with E-state index in [0.29, 0.717) is 0 Å². The van der Waals surface area contributed by atoms with Gasteiger partial charge in [0.05, 0.1) is 0 Å². The Bertz CT molecular complexity index is 1480. The summed E-state index contributed by atoms with van der Waals surface area (Å²) in [6.45, 7) is 8.73. The molecule has 2 heterocycles. The van der Waals surface area contributed by atoms with Gasteiger partial charge in [0.15, 0.2) is 0 Å². The molecule has 0 amide bonds. The summed E-state index contributed by atoms with van der Waals surface area (Å²) in [6.07, 6.45) is 1.95. The van der Waals surface area contributed by atoms with Crippen molar-refractivity contribution >= 4 is 34.1 Å². The highest BCUT2D eigenvalue weighted by Gasteiger charge is 2.27. The minimum atomic E-state index is 0.975. The number of nitrogens with zero attached hydrogens (tertiary/aromatic N) is 2. The van der Waals surface area contributed by atoms with Crippen LogP contribution >= 0.6 is 0 Å². The van der Waals surface area contributed by atoms with E-state index < -0.39 is 0 Å². The minimum Gasteiger partial charge on any atom is -0.310 e. The van der Waals surface area contributed by atoms with Crippen molar-refractivity contribution in [3.05, 3.63) is 142 Å². The monoisotopic (exact) mass is 492 g/mol. The van der Waals surface area contributed by atoms with Crippen LogP contribution in [0, 0.1) is 27.7 Å². The van der Waals surface area contributed by atoms with Crippen molar-refractivity contribution in [1.82, 2.24) is 0 Å². The van der Waals surface area contributed by atoms with Crippen molar-refractivity contribution in [3.63, 3.8) is 0 Å². The number of hydrogen-bond donors (Lipinski definition) is 0. The fourth-order valence-corrected chi connectivity index (χ4v) is 6.27. The van der Waals surface area contributed by atoms with Gasteiger partial charge in [-0.25, -0.2) is 0 Å². The molecular weight excluding hydrogens is 460 g/mol. The van der Waals surface area contributed by atoms with Gasteiger partial charge in [0.1, 0.15) is 0 Å². The van der Waals surface area contributed by atoms with Crippen molar-refractivity contribution in [2.45, 2.75) is 40.5 Å². The van der Waals surface area contributed by atoms with E-state index >= 15 is 0 Å². The molecule has 0 atom stereocenters. The van der Waals surface area contributed by atoms with Gasteiger partial charge in [-0.15, -0.1) is 0 Å². The zero-order chi connectivity index (χ0) is 26.0. The summed E-state index contributed by atoms with van der Waals surface area (Å²) in [5.74, 6) is 0. The number of hydrogen-bond acceptors (Lipinski definition) is 2. The van der Waals surface area contributed by atoms with Crippen LogP contribution in [0.5, 0.6) is 0 Å². The largest absolute Gasteiger partial charge is 0.310 e. The smallest absolute Gasteiger partial charge is 0.0497 e. The van der Waals surface area contributed by atoms with E-state index in [1.165, 1.54) is 78.6 Å². The molecule has 5 aromatic rings. The van der Waals surface area contributed by atoms with E-state index in [1.807, 2.05) is 0 Å². The summed E-state index contributed by atoms with van der Waals surface area (Å²) in [6, 6.07) is 36.5. The Morgan fingerprint density at radius 3 is 0.895 bits per heavy atom. The van der Waals surface area contributed by atoms with Gasteiger partial charge in [0.2, 0.25) is 0 Å². The first-order chi connectivity index (χ1) is 18.4. The SMILES string of the molecule is Cc1ccc2c(c1)Cc1cc(C)ccc1N2c1ccc(N2c3ccc(C)cc3Cc3cc(C)ccc32)cc1. The average molecular weight is 493 g/mol. The zero-order valence-corrected chi connectivity index (χ0v) is 22.5. The molecule has 0 saturated carbocycles. The van der Waals surface area contributed by atoms with E-state index in [9.17, 15) is 0 Å². The van der Waals surface area contributed by atoms with Crippen molar-refractivity contribution in [1.29, 1.82) is 0 Å². The summed E-state index contributed by atoms with van der Waals surface area (Å²) in [5, 5.41) is 0. The van der Waals surface area contributed by atoms with Crippen LogP contribution in [-0.2, 0) is 12.8 Å². The molecule has 2 heteroatoms. The van der Waals surface area contributed by atoms with Crippen LogP contribution < -0.4 is 9.80 Å². The maximum atomic E-state index is 2.43. The number of anilines is 6. The fraction of sp³-hybridized carbons (Fsp3) is 0.167. The topological polar surface area (TPSA) is 6.48 Å². The van der Waals surface area contributed by atoms with Gasteiger partial charge in [-0.1, -0.05) is 70.8 Å². The quantitative estimate of drug-likeness (QED) is 0.237. The molecule has 0 radical (unpaired) electrons. The number of fused-ring (bicyclic) bond motifs is 4. The Morgan fingerprint density at radius 1 is 0.368 bits per heavy atom. The zero-order valence-electron chi connectivity index (χ0n) is 22.5. The standard InChI is InChI=1S/C36H32N2/c1-23-5-13-33-27(17-23)21-28-18-24(2)6-14-34(28)37(33)31-9-11-32(12-10-31)38-35-15-7-25(3)19-29(35)22-30-20-26(4)8-16-36(30)38/h5-20H,21-22H2,1-4H3. The molecule has 0 N–H and O–H groups in total. The molecule has 2 aliphatic heterocycles. The third-order valence-electron chi connectivity index (χ3n) is 8.03. The molecule has 0 aromatic heterocycles. The Labute approximate surface area is 225 Å². The van der Waals surface area contributed by atoms with Crippen LogP contribution in [-0.4, -0.2) is 0 Å². The second-order valence-electron chi connectivity index (χ2n) is 11.1. The van der Waals surface area contributed by atoms with Gasteiger partial charge in [-0.05, 0) is 98.5 Å². The van der Waals surface area contributed by atoms with Crippen LogP contribution in [0.15, 0.2) is 97.1 Å². The van der Waals surface area contributed by atoms with Gasteiger partial charge in [-0.2, -0.15) is 0 Å². The summed E-state index contributed by atoms with van der Waals surface area (Å²) in [4.78, 5) is 4.86. The molecule has 0 unspecified atom stereocenters. The fourth-order valence-electron chi connectivity index (χ4n) is 6.27. The first kappa shape index (κ1) is 22.9. The second-order valence-corrected chi connectivity index (χ2v) is 11.1. The van der Waals surface area contributed by atoms with Crippen LogP contribution in [0.4, 0.5) is 34.1 Å². The molecular formula is C36H32N2. The molecule has 0 aliphatic carbocycles. The summed E-state index contributed by atoms with van der Waals surface area (Å²) < 4.78 is 0.